The molecule has 1 aromatic heterocycles. The van der Waals surface area contributed by atoms with Crippen LogP contribution in [-0.4, -0.2) is 21.7 Å². The Morgan fingerprint density at radius 2 is 2.64 bits per heavy atom. The maximum atomic E-state index is 10.9. The lowest BCUT2D eigenvalue weighted by molar-refractivity contribution is -0.161. The third kappa shape index (κ3) is 1.53. The van der Waals surface area contributed by atoms with Crippen LogP contribution in [0.1, 0.15) is 30.7 Å². The summed E-state index contributed by atoms with van der Waals surface area (Å²) >= 11 is 1.50. The molecule has 1 N–H and O–H groups in total. The third-order valence-corrected chi connectivity index (χ3v) is 3.37. The number of carboxylic acids is 1. The molecule has 2 heterocycles. The molecule has 0 spiro atoms. The van der Waals surface area contributed by atoms with E-state index in [2.05, 4.69) is 4.98 Å². The van der Waals surface area contributed by atoms with Crippen molar-refractivity contribution in [3.8, 4) is 0 Å². The van der Waals surface area contributed by atoms with Crippen LogP contribution in [0.15, 0.2) is 11.7 Å². The lowest BCUT2D eigenvalue weighted by Crippen LogP contribution is -2.34. The van der Waals surface area contributed by atoms with Gasteiger partial charge in [-0.1, -0.05) is 0 Å². The van der Waals surface area contributed by atoms with Crippen LogP contribution in [-0.2, 0) is 9.53 Å². The zero-order valence-corrected chi connectivity index (χ0v) is 8.58. The summed E-state index contributed by atoms with van der Waals surface area (Å²) < 4.78 is 5.53. The molecule has 76 valence electrons. The van der Waals surface area contributed by atoms with E-state index < -0.39 is 11.6 Å². The minimum atomic E-state index is -1.02. The first kappa shape index (κ1) is 9.61. The van der Waals surface area contributed by atoms with Crippen LogP contribution < -0.4 is 0 Å². The zero-order valence-electron chi connectivity index (χ0n) is 7.77. The van der Waals surface area contributed by atoms with Crippen molar-refractivity contribution >= 4 is 17.3 Å². The first-order valence-electron chi connectivity index (χ1n) is 4.41. The Bertz CT molecular complexity index is 338. The minimum Gasteiger partial charge on any atom is -0.479 e. The fourth-order valence-electron chi connectivity index (χ4n) is 1.58. The van der Waals surface area contributed by atoms with Gasteiger partial charge >= 0.3 is 5.97 Å². The van der Waals surface area contributed by atoms with Crippen molar-refractivity contribution in [3.63, 3.8) is 0 Å². The quantitative estimate of drug-likeness (QED) is 0.814. The van der Waals surface area contributed by atoms with Gasteiger partial charge in [-0.2, -0.15) is 0 Å². The fourth-order valence-corrected chi connectivity index (χ4v) is 2.26. The topological polar surface area (TPSA) is 59.4 Å². The van der Waals surface area contributed by atoms with Crippen LogP contribution in [0.3, 0.4) is 0 Å². The summed E-state index contributed by atoms with van der Waals surface area (Å²) in [7, 11) is 0. The Labute approximate surface area is 85.5 Å². The Morgan fingerprint density at radius 3 is 3.14 bits per heavy atom. The van der Waals surface area contributed by atoms with Crippen molar-refractivity contribution in [1.82, 2.24) is 4.98 Å². The van der Waals surface area contributed by atoms with Gasteiger partial charge in [-0.3, -0.25) is 4.98 Å². The van der Waals surface area contributed by atoms with E-state index in [0.29, 0.717) is 6.42 Å². The predicted molar refractivity (Wildman–Crippen MR) is 51.2 cm³/mol. The second-order valence-electron chi connectivity index (χ2n) is 3.58. The van der Waals surface area contributed by atoms with Gasteiger partial charge in [0.25, 0.3) is 0 Å². The Hall–Kier alpha value is -0.940. The maximum absolute atomic E-state index is 10.9. The second kappa shape index (κ2) is 3.33. The number of aliphatic carboxylic acids is 1. The molecule has 1 aliphatic rings. The van der Waals surface area contributed by atoms with Crippen molar-refractivity contribution in [2.45, 2.75) is 31.5 Å². The fraction of sp³-hybridized carbons (Fsp3) is 0.556. The largest absolute Gasteiger partial charge is 0.479 e. The summed E-state index contributed by atoms with van der Waals surface area (Å²) in [5.74, 6) is -0.885. The van der Waals surface area contributed by atoms with Gasteiger partial charge in [0.15, 0.2) is 5.60 Å². The van der Waals surface area contributed by atoms with Gasteiger partial charge in [0.2, 0.25) is 0 Å². The number of rotatable bonds is 2. The van der Waals surface area contributed by atoms with Crippen LogP contribution >= 0.6 is 11.3 Å². The molecule has 0 aliphatic carbocycles. The molecule has 2 unspecified atom stereocenters. The smallest absolute Gasteiger partial charge is 0.335 e. The van der Waals surface area contributed by atoms with Crippen LogP contribution in [0.2, 0.25) is 0 Å². The van der Waals surface area contributed by atoms with Gasteiger partial charge in [0.1, 0.15) is 0 Å². The van der Waals surface area contributed by atoms with E-state index in [1.54, 1.807) is 18.6 Å². The van der Waals surface area contributed by atoms with E-state index in [1.807, 2.05) is 0 Å². The van der Waals surface area contributed by atoms with Crippen molar-refractivity contribution in [2.75, 3.05) is 0 Å². The molecule has 2 atom stereocenters. The van der Waals surface area contributed by atoms with Crippen molar-refractivity contribution in [2.24, 2.45) is 0 Å². The molecule has 0 aromatic carbocycles. The Kier molecular flexibility index (Phi) is 2.28. The molecule has 0 amide bonds. The molecule has 0 saturated carbocycles. The number of hydrogen-bond donors (Lipinski definition) is 1. The SMILES string of the molecule is CC1(C(=O)O)CCC(c2cncs2)O1. The molecule has 14 heavy (non-hydrogen) atoms. The monoisotopic (exact) mass is 213 g/mol. The van der Waals surface area contributed by atoms with Crippen LogP contribution in [0.5, 0.6) is 0 Å². The summed E-state index contributed by atoms with van der Waals surface area (Å²) in [5, 5.41) is 8.95. The highest BCUT2D eigenvalue weighted by Crippen LogP contribution is 2.40. The molecule has 1 aromatic rings. The van der Waals surface area contributed by atoms with E-state index in [9.17, 15) is 4.79 Å². The minimum absolute atomic E-state index is 0.0939. The van der Waals surface area contributed by atoms with E-state index in [0.717, 1.165) is 11.3 Å². The first-order valence-corrected chi connectivity index (χ1v) is 5.29. The van der Waals surface area contributed by atoms with Gasteiger partial charge in [-0.15, -0.1) is 11.3 Å². The number of thiazole rings is 1. The highest BCUT2D eigenvalue weighted by Gasteiger charge is 2.43. The van der Waals surface area contributed by atoms with E-state index in [4.69, 9.17) is 9.84 Å². The van der Waals surface area contributed by atoms with Crippen molar-refractivity contribution in [3.05, 3.63) is 16.6 Å². The molecule has 1 saturated heterocycles. The molecule has 1 fully saturated rings. The molecule has 2 rings (SSSR count). The summed E-state index contributed by atoms with van der Waals surface area (Å²) in [6.45, 7) is 1.62. The van der Waals surface area contributed by atoms with Gasteiger partial charge in [0, 0.05) is 6.20 Å². The lowest BCUT2D eigenvalue weighted by atomic mass is 10.0. The van der Waals surface area contributed by atoms with Gasteiger partial charge in [0.05, 0.1) is 16.5 Å². The predicted octanol–water partition coefficient (Wildman–Crippen LogP) is 1.84. The zero-order chi connectivity index (χ0) is 10.2. The third-order valence-electron chi connectivity index (χ3n) is 2.51. The summed E-state index contributed by atoms with van der Waals surface area (Å²) in [5.41, 5.74) is 0.712. The Balaban J connectivity index is 2.12. The average molecular weight is 213 g/mol. The van der Waals surface area contributed by atoms with Crippen LogP contribution in [0.25, 0.3) is 0 Å². The normalized spacial score (nSPS) is 31.9. The molecule has 0 radical (unpaired) electrons. The van der Waals surface area contributed by atoms with E-state index in [-0.39, 0.29) is 6.10 Å². The molecule has 1 aliphatic heterocycles. The van der Waals surface area contributed by atoms with Gasteiger partial charge < -0.3 is 9.84 Å². The number of ether oxygens (including phenoxy) is 1. The standard InChI is InChI=1S/C9H11NO3S/c1-9(8(11)12)3-2-6(13-9)7-4-10-5-14-7/h4-6H,2-3H2,1H3,(H,11,12). The molecule has 4 nitrogen and oxygen atoms in total. The number of hydrogen-bond acceptors (Lipinski definition) is 4. The Morgan fingerprint density at radius 1 is 1.86 bits per heavy atom. The van der Waals surface area contributed by atoms with Crippen LogP contribution in [0.4, 0.5) is 0 Å². The van der Waals surface area contributed by atoms with Crippen molar-refractivity contribution in [1.29, 1.82) is 0 Å². The highest BCUT2D eigenvalue weighted by atomic mass is 32.1. The number of aromatic nitrogens is 1. The second-order valence-corrected chi connectivity index (χ2v) is 4.50. The first-order chi connectivity index (χ1) is 6.62. The average Bonchev–Trinajstić information content (AvgIpc) is 2.72. The van der Waals surface area contributed by atoms with E-state index >= 15 is 0 Å². The molecule has 0 bridgehead atoms. The van der Waals surface area contributed by atoms with E-state index in [1.165, 1.54) is 11.3 Å². The van der Waals surface area contributed by atoms with Crippen molar-refractivity contribution < 1.29 is 14.6 Å². The van der Waals surface area contributed by atoms with Gasteiger partial charge in [-0.05, 0) is 19.8 Å². The summed E-state index contributed by atoms with van der Waals surface area (Å²) in [4.78, 5) is 15.9. The molecular formula is C9H11NO3S. The number of carbonyl (C=O) groups is 1. The lowest BCUT2D eigenvalue weighted by Gasteiger charge is -2.18. The molecule has 5 heteroatoms. The summed E-state index contributed by atoms with van der Waals surface area (Å²) in [6, 6.07) is 0. The summed E-state index contributed by atoms with van der Waals surface area (Å²) in [6.07, 6.45) is 2.96. The highest BCUT2D eigenvalue weighted by molar-refractivity contribution is 7.09. The number of carboxylic acid groups (broad SMARTS) is 1. The maximum Gasteiger partial charge on any atom is 0.335 e. The molecular weight excluding hydrogens is 202 g/mol. The van der Waals surface area contributed by atoms with Gasteiger partial charge in [-0.25, -0.2) is 4.79 Å². The number of nitrogens with zero attached hydrogens (tertiary/aromatic N) is 1. The van der Waals surface area contributed by atoms with Crippen LogP contribution in [0, 0.1) is 0 Å².